The van der Waals surface area contributed by atoms with Gasteiger partial charge in [0.1, 0.15) is 17.5 Å². The summed E-state index contributed by atoms with van der Waals surface area (Å²) in [6.45, 7) is 2.51. The first-order valence-electron chi connectivity index (χ1n) is 9.63. The van der Waals surface area contributed by atoms with E-state index in [9.17, 15) is 8.78 Å². The molecule has 142 valence electrons. The first kappa shape index (κ1) is 17.4. The van der Waals surface area contributed by atoms with Gasteiger partial charge in [0.25, 0.3) is 0 Å². The maximum atomic E-state index is 13.9. The van der Waals surface area contributed by atoms with Crippen molar-refractivity contribution in [3.05, 3.63) is 77.0 Å². The third kappa shape index (κ3) is 3.52. The highest BCUT2D eigenvalue weighted by molar-refractivity contribution is 5.59. The van der Waals surface area contributed by atoms with Crippen LogP contribution in [-0.2, 0) is 19.5 Å². The molecule has 2 aliphatic rings. The molecule has 1 aromatic carbocycles. The Morgan fingerprint density at radius 3 is 2.71 bits per heavy atom. The number of pyridine rings is 1. The molecule has 0 radical (unpaired) electrons. The van der Waals surface area contributed by atoms with E-state index in [1.54, 1.807) is 12.3 Å². The molecule has 28 heavy (non-hydrogen) atoms. The average Bonchev–Trinajstić information content (AvgIpc) is 3.55. The minimum absolute atomic E-state index is 0.182. The van der Waals surface area contributed by atoms with Gasteiger partial charge in [-0.3, -0.25) is 9.88 Å². The number of fused-ring (bicyclic) bond motifs is 1. The number of halogens is 2. The van der Waals surface area contributed by atoms with Crippen LogP contribution in [-0.4, -0.2) is 26.4 Å². The second-order valence-electron chi connectivity index (χ2n) is 7.61. The maximum Gasteiger partial charge on any atom is 0.132 e. The van der Waals surface area contributed by atoms with E-state index in [-0.39, 0.29) is 5.56 Å². The van der Waals surface area contributed by atoms with Crippen LogP contribution in [0.5, 0.6) is 0 Å². The molecule has 1 saturated carbocycles. The SMILES string of the molecule is Fc1ccc(F)c(-c2ccc(CN3CCc4nc(C5CC5)ncc4C3)cn2)c1. The molecule has 0 unspecified atom stereocenters. The first-order chi connectivity index (χ1) is 13.7. The summed E-state index contributed by atoms with van der Waals surface area (Å²) in [5.74, 6) is 0.647. The molecule has 1 aliphatic carbocycles. The highest BCUT2D eigenvalue weighted by atomic mass is 19.1. The molecule has 0 bridgehead atoms. The van der Waals surface area contributed by atoms with Crippen LogP contribution in [0.2, 0.25) is 0 Å². The van der Waals surface area contributed by atoms with Crippen molar-refractivity contribution in [2.45, 2.75) is 38.3 Å². The summed E-state index contributed by atoms with van der Waals surface area (Å²) in [4.78, 5) is 16.0. The van der Waals surface area contributed by atoms with Crippen LogP contribution in [0.25, 0.3) is 11.3 Å². The van der Waals surface area contributed by atoms with Crippen molar-refractivity contribution in [2.75, 3.05) is 6.54 Å². The van der Waals surface area contributed by atoms with Gasteiger partial charge in [0.15, 0.2) is 0 Å². The Kier molecular flexibility index (Phi) is 4.36. The van der Waals surface area contributed by atoms with Gasteiger partial charge in [0.05, 0.1) is 5.69 Å². The van der Waals surface area contributed by atoms with E-state index in [1.165, 1.54) is 30.2 Å². The van der Waals surface area contributed by atoms with Gasteiger partial charge in [-0.25, -0.2) is 18.7 Å². The minimum atomic E-state index is -0.472. The van der Waals surface area contributed by atoms with Crippen molar-refractivity contribution in [3.63, 3.8) is 0 Å². The average molecular weight is 378 g/mol. The molecule has 0 N–H and O–H groups in total. The molecule has 0 amide bonds. The van der Waals surface area contributed by atoms with E-state index in [0.29, 0.717) is 11.6 Å². The Bertz CT molecular complexity index is 1020. The van der Waals surface area contributed by atoms with Gasteiger partial charge in [0.2, 0.25) is 0 Å². The maximum absolute atomic E-state index is 13.9. The van der Waals surface area contributed by atoms with Gasteiger partial charge >= 0.3 is 0 Å². The quantitative estimate of drug-likeness (QED) is 0.681. The lowest BCUT2D eigenvalue weighted by atomic mass is 10.1. The number of nitrogens with zero attached hydrogens (tertiary/aromatic N) is 4. The lowest BCUT2D eigenvalue weighted by Crippen LogP contribution is -2.31. The molecule has 0 atom stereocenters. The van der Waals surface area contributed by atoms with Crippen LogP contribution in [0.4, 0.5) is 8.78 Å². The van der Waals surface area contributed by atoms with E-state index in [2.05, 4.69) is 14.9 Å². The molecule has 1 aliphatic heterocycles. The molecule has 3 heterocycles. The molecule has 3 aromatic rings. The fourth-order valence-corrected chi connectivity index (χ4v) is 3.69. The zero-order valence-electron chi connectivity index (χ0n) is 15.4. The van der Waals surface area contributed by atoms with Crippen LogP contribution in [0.15, 0.2) is 42.7 Å². The third-order valence-electron chi connectivity index (χ3n) is 5.41. The Hall–Kier alpha value is -2.73. The van der Waals surface area contributed by atoms with Gasteiger partial charge in [0, 0.05) is 61.2 Å². The van der Waals surface area contributed by atoms with E-state index in [4.69, 9.17) is 4.98 Å². The van der Waals surface area contributed by atoms with Crippen LogP contribution in [0.1, 0.15) is 41.4 Å². The summed E-state index contributed by atoms with van der Waals surface area (Å²) in [6.07, 6.45) is 7.08. The highest BCUT2D eigenvalue weighted by Crippen LogP contribution is 2.38. The molecule has 0 saturated heterocycles. The molecular weight excluding hydrogens is 358 g/mol. The van der Waals surface area contributed by atoms with Gasteiger partial charge in [-0.05, 0) is 42.7 Å². The van der Waals surface area contributed by atoms with E-state index in [1.807, 2.05) is 12.3 Å². The van der Waals surface area contributed by atoms with Crippen LogP contribution < -0.4 is 0 Å². The predicted molar refractivity (Wildman–Crippen MR) is 101 cm³/mol. The summed E-state index contributed by atoms with van der Waals surface area (Å²) in [6, 6.07) is 7.08. The van der Waals surface area contributed by atoms with E-state index < -0.39 is 11.6 Å². The van der Waals surface area contributed by atoms with Crippen molar-refractivity contribution in [1.82, 2.24) is 19.9 Å². The van der Waals surface area contributed by atoms with Crippen molar-refractivity contribution in [3.8, 4) is 11.3 Å². The van der Waals surface area contributed by atoms with E-state index in [0.717, 1.165) is 49.6 Å². The smallest absolute Gasteiger partial charge is 0.132 e. The largest absolute Gasteiger partial charge is 0.294 e. The third-order valence-corrected chi connectivity index (χ3v) is 5.41. The lowest BCUT2D eigenvalue weighted by Gasteiger charge is -2.28. The summed E-state index contributed by atoms with van der Waals surface area (Å²) >= 11 is 0. The molecule has 0 spiro atoms. The molecule has 4 nitrogen and oxygen atoms in total. The van der Waals surface area contributed by atoms with Crippen molar-refractivity contribution < 1.29 is 8.78 Å². The topological polar surface area (TPSA) is 41.9 Å². The second-order valence-corrected chi connectivity index (χ2v) is 7.61. The van der Waals surface area contributed by atoms with Gasteiger partial charge < -0.3 is 0 Å². The highest BCUT2D eigenvalue weighted by Gasteiger charge is 2.28. The standard InChI is InChI=1S/C22H20F2N4/c23-17-4-5-19(24)18(9-17)21-6-1-14(10-25-21)12-28-8-7-20-16(13-28)11-26-22(27-20)15-2-3-15/h1,4-6,9-11,15H,2-3,7-8,12-13H2. The molecule has 5 rings (SSSR count). The Morgan fingerprint density at radius 1 is 1.04 bits per heavy atom. The lowest BCUT2D eigenvalue weighted by molar-refractivity contribution is 0.242. The van der Waals surface area contributed by atoms with Crippen molar-refractivity contribution >= 4 is 0 Å². The number of aromatic nitrogens is 3. The van der Waals surface area contributed by atoms with Crippen molar-refractivity contribution in [1.29, 1.82) is 0 Å². The molecule has 2 aromatic heterocycles. The zero-order valence-corrected chi connectivity index (χ0v) is 15.4. The summed E-state index contributed by atoms with van der Waals surface area (Å²) in [7, 11) is 0. The number of hydrogen-bond donors (Lipinski definition) is 0. The molecular formula is C22H20F2N4. The van der Waals surface area contributed by atoms with Crippen LogP contribution in [0.3, 0.4) is 0 Å². The van der Waals surface area contributed by atoms with E-state index >= 15 is 0 Å². The number of rotatable bonds is 4. The number of benzene rings is 1. The fourth-order valence-electron chi connectivity index (χ4n) is 3.69. The summed E-state index contributed by atoms with van der Waals surface area (Å²) < 4.78 is 27.3. The first-order valence-corrected chi connectivity index (χ1v) is 9.63. The fraction of sp³-hybridized carbons (Fsp3) is 0.318. The van der Waals surface area contributed by atoms with Gasteiger partial charge in [-0.2, -0.15) is 0 Å². The molecule has 1 fully saturated rings. The molecule has 6 heteroatoms. The van der Waals surface area contributed by atoms with Crippen LogP contribution in [0, 0.1) is 11.6 Å². The Labute approximate surface area is 162 Å². The normalized spacial score (nSPS) is 16.8. The predicted octanol–water partition coefficient (Wildman–Crippen LogP) is 4.25. The monoisotopic (exact) mass is 378 g/mol. The number of hydrogen-bond acceptors (Lipinski definition) is 4. The van der Waals surface area contributed by atoms with Crippen LogP contribution >= 0.6 is 0 Å². The zero-order chi connectivity index (χ0) is 19.1. The van der Waals surface area contributed by atoms with Gasteiger partial charge in [-0.15, -0.1) is 0 Å². The Balaban J connectivity index is 1.28. The van der Waals surface area contributed by atoms with Crippen molar-refractivity contribution in [2.24, 2.45) is 0 Å². The summed E-state index contributed by atoms with van der Waals surface area (Å²) in [5, 5.41) is 0. The second kappa shape index (κ2) is 7.02. The minimum Gasteiger partial charge on any atom is -0.294 e. The van der Waals surface area contributed by atoms with Gasteiger partial charge in [-0.1, -0.05) is 6.07 Å². The Morgan fingerprint density at radius 2 is 1.93 bits per heavy atom. The summed E-state index contributed by atoms with van der Waals surface area (Å²) in [5.41, 5.74) is 4.04.